The van der Waals surface area contributed by atoms with E-state index in [9.17, 15) is 9.18 Å². The fourth-order valence-electron chi connectivity index (χ4n) is 2.04. The Morgan fingerprint density at radius 1 is 1.52 bits per heavy atom. The summed E-state index contributed by atoms with van der Waals surface area (Å²) in [6.07, 6.45) is 5.14. The molecular weight excluding hydrogens is 351 g/mol. The summed E-state index contributed by atoms with van der Waals surface area (Å²) < 4.78 is 17.3. The van der Waals surface area contributed by atoms with Gasteiger partial charge in [0.25, 0.3) is 0 Å². The molecule has 0 aromatic heterocycles. The van der Waals surface area contributed by atoms with Gasteiger partial charge in [0.15, 0.2) is 5.84 Å². The first-order valence-electron chi connectivity index (χ1n) is 7.64. The number of hydrogen-bond donors (Lipinski definition) is 2. The van der Waals surface area contributed by atoms with Crippen LogP contribution >= 0.6 is 11.6 Å². The zero-order chi connectivity index (χ0) is 18.1. The lowest BCUT2D eigenvalue weighted by atomic mass is 10.1. The van der Waals surface area contributed by atoms with E-state index in [4.69, 9.17) is 26.3 Å². The third-order valence-electron chi connectivity index (χ3n) is 3.28. The molecule has 0 amide bonds. The topological polar surface area (TPSA) is 80.2 Å². The number of halogens is 2. The largest absolute Gasteiger partial charge is 0.497 e. The van der Waals surface area contributed by atoms with E-state index in [0.717, 1.165) is 6.42 Å². The summed E-state index contributed by atoms with van der Waals surface area (Å²) in [5.41, 5.74) is 3.46. The van der Waals surface area contributed by atoms with E-state index in [-0.39, 0.29) is 17.2 Å². The number of nitrogens with zero attached hydrogens (tertiary/aromatic N) is 1. The molecule has 8 heteroatoms. The molecular formula is C17H18ClFN2O4. The minimum Gasteiger partial charge on any atom is -0.497 e. The summed E-state index contributed by atoms with van der Waals surface area (Å²) in [4.78, 5) is 20.5. The van der Waals surface area contributed by atoms with Crippen molar-refractivity contribution in [3.05, 3.63) is 59.1 Å². The number of ether oxygens (including phenoxy) is 1. The normalized spacial score (nSPS) is 17.4. The third kappa shape index (κ3) is 6.21. The lowest BCUT2D eigenvalue weighted by Gasteiger charge is -2.04. The zero-order valence-corrected chi connectivity index (χ0v) is 14.1. The van der Waals surface area contributed by atoms with Crippen LogP contribution in [0, 0.1) is 0 Å². The molecule has 2 rings (SSSR count). The quantitative estimate of drug-likeness (QED) is 0.512. The van der Waals surface area contributed by atoms with Crippen LogP contribution < -0.4 is 5.48 Å². The maximum atomic E-state index is 12.0. The zero-order valence-electron chi connectivity index (χ0n) is 13.3. The van der Waals surface area contributed by atoms with Gasteiger partial charge < -0.3 is 9.84 Å². The average molecular weight is 369 g/mol. The van der Waals surface area contributed by atoms with Crippen LogP contribution in [0.1, 0.15) is 35.2 Å². The maximum Gasteiger partial charge on any atom is 0.335 e. The predicted molar refractivity (Wildman–Crippen MR) is 91.9 cm³/mol. The van der Waals surface area contributed by atoms with Crippen molar-refractivity contribution in [3.8, 4) is 0 Å². The molecule has 1 aromatic carbocycles. The number of nitrogens with one attached hydrogen (secondary N) is 1. The van der Waals surface area contributed by atoms with Gasteiger partial charge >= 0.3 is 5.97 Å². The number of aliphatic imine (C=N–C) groups is 1. The highest BCUT2D eigenvalue weighted by Gasteiger charge is 2.19. The highest BCUT2D eigenvalue weighted by molar-refractivity contribution is 6.29. The van der Waals surface area contributed by atoms with Crippen molar-refractivity contribution >= 4 is 23.4 Å². The average Bonchev–Trinajstić information content (AvgIpc) is 3.09. The summed E-state index contributed by atoms with van der Waals surface area (Å²) in [7, 11) is 0. The maximum absolute atomic E-state index is 12.0. The standard InChI is InChI=1S/C17H18ClFN2O4/c18-14(10-19)7-2-1-3-8-24-11-15-20-16(21-25-15)12-5-4-6-13(9-12)17(22)23/h3-6,8-10,15H,1-2,7,11H2,(H,20,21)(H,22,23)/b8-3+,14-10+. The summed E-state index contributed by atoms with van der Waals surface area (Å²) >= 11 is 5.54. The van der Waals surface area contributed by atoms with Crippen molar-refractivity contribution in [1.82, 2.24) is 5.48 Å². The first-order chi connectivity index (χ1) is 12.1. The molecule has 1 unspecified atom stereocenters. The molecule has 1 aliphatic heterocycles. The molecule has 1 aromatic rings. The Hall–Kier alpha value is -2.38. The highest BCUT2D eigenvalue weighted by Crippen LogP contribution is 2.13. The number of hydrogen-bond acceptors (Lipinski definition) is 5. The summed E-state index contributed by atoms with van der Waals surface area (Å²) in [6, 6.07) is 6.39. The Morgan fingerprint density at radius 3 is 3.12 bits per heavy atom. The number of rotatable bonds is 9. The number of benzene rings is 1. The lowest BCUT2D eigenvalue weighted by Crippen LogP contribution is -2.21. The minimum absolute atomic E-state index is 0.173. The summed E-state index contributed by atoms with van der Waals surface area (Å²) in [5, 5.41) is 9.21. The van der Waals surface area contributed by atoms with Crippen LogP contribution in [0.5, 0.6) is 0 Å². The van der Waals surface area contributed by atoms with Gasteiger partial charge in [-0.1, -0.05) is 23.7 Å². The molecule has 6 nitrogen and oxygen atoms in total. The van der Waals surface area contributed by atoms with E-state index in [1.807, 2.05) is 6.08 Å². The predicted octanol–water partition coefficient (Wildman–Crippen LogP) is 3.74. The SMILES string of the molecule is O=C(O)c1cccc(C2=NC(CO/C=C/CCC/C(Cl)=C\F)ON2)c1. The number of aromatic carboxylic acids is 1. The Balaban J connectivity index is 1.76. The molecule has 0 aliphatic carbocycles. The van der Waals surface area contributed by atoms with Gasteiger partial charge in [-0.05, 0) is 37.5 Å². The fourth-order valence-corrected chi connectivity index (χ4v) is 2.18. The number of carbonyl (C=O) groups is 1. The molecule has 1 atom stereocenters. The van der Waals surface area contributed by atoms with Crippen molar-refractivity contribution in [2.75, 3.05) is 6.61 Å². The molecule has 0 spiro atoms. The van der Waals surface area contributed by atoms with Crippen molar-refractivity contribution in [2.45, 2.75) is 25.5 Å². The molecule has 2 N–H and O–H groups in total. The lowest BCUT2D eigenvalue weighted by molar-refractivity contribution is -0.00105. The molecule has 0 radical (unpaired) electrons. The smallest absolute Gasteiger partial charge is 0.335 e. The van der Waals surface area contributed by atoms with Crippen molar-refractivity contribution < 1.29 is 23.9 Å². The Labute approximate surface area is 149 Å². The first-order valence-corrected chi connectivity index (χ1v) is 8.02. The van der Waals surface area contributed by atoms with E-state index in [0.29, 0.717) is 30.6 Å². The van der Waals surface area contributed by atoms with E-state index >= 15 is 0 Å². The number of amidine groups is 1. The Kier molecular flexibility index (Phi) is 7.43. The van der Waals surface area contributed by atoms with E-state index in [2.05, 4.69) is 10.5 Å². The summed E-state index contributed by atoms with van der Waals surface area (Å²) in [5.74, 6) is -0.553. The van der Waals surface area contributed by atoms with Gasteiger partial charge in [-0.3, -0.25) is 0 Å². The molecule has 0 saturated heterocycles. The van der Waals surface area contributed by atoms with Crippen LogP contribution in [-0.2, 0) is 9.57 Å². The number of allylic oxidation sites excluding steroid dienone is 2. The molecule has 0 saturated carbocycles. The number of hydroxylamine groups is 1. The van der Waals surface area contributed by atoms with Gasteiger partial charge in [0.05, 0.1) is 11.8 Å². The van der Waals surface area contributed by atoms with Gasteiger partial charge in [0.1, 0.15) is 12.9 Å². The van der Waals surface area contributed by atoms with Crippen LogP contribution in [-0.4, -0.2) is 29.7 Å². The second kappa shape index (κ2) is 9.80. The van der Waals surface area contributed by atoms with E-state index in [1.54, 1.807) is 12.1 Å². The van der Waals surface area contributed by atoms with Crippen molar-refractivity contribution in [3.63, 3.8) is 0 Å². The third-order valence-corrected chi connectivity index (χ3v) is 3.56. The molecule has 25 heavy (non-hydrogen) atoms. The van der Waals surface area contributed by atoms with Crippen LogP contribution in [0.25, 0.3) is 0 Å². The Bertz CT molecular complexity index is 691. The van der Waals surface area contributed by atoms with Gasteiger partial charge in [0, 0.05) is 10.6 Å². The van der Waals surface area contributed by atoms with Gasteiger partial charge in [-0.15, -0.1) is 0 Å². The van der Waals surface area contributed by atoms with E-state index < -0.39 is 12.2 Å². The first kappa shape index (κ1) is 19.0. The number of unbranched alkanes of at least 4 members (excludes halogenated alkanes) is 1. The second-order valence-corrected chi connectivity index (χ2v) is 5.68. The van der Waals surface area contributed by atoms with Crippen LogP contribution in [0.4, 0.5) is 4.39 Å². The Morgan fingerprint density at radius 2 is 2.36 bits per heavy atom. The van der Waals surface area contributed by atoms with Gasteiger partial charge in [0.2, 0.25) is 6.23 Å². The molecule has 1 heterocycles. The van der Waals surface area contributed by atoms with Gasteiger partial charge in [-0.25, -0.2) is 24.5 Å². The van der Waals surface area contributed by atoms with Crippen molar-refractivity contribution in [2.24, 2.45) is 4.99 Å². The van der Waals surface area contributed by atoms with Crippen LogP contribution in [0.2, 0.25) is 0 Å². The van der Waals surface area contributed by atoms with Crippen LogP contribution in [0.3, 0.4) is 0 Å². The molecule has 0 bridgehead atoms. The van der Waals surface area contributed by atoms with Crippen molar-refractivity contribution in [1.29, 1.82) is 0 Å². The highest BCUT2D eigenvalue weighted by atomic mass is 35.5. The fraction of sp³-hybridized carbons (Fsp3) is 0.294. The monoisotopic (exact) mass is 368 g/mol. The number of carboxylic acids is 1. The molecule has 134 valence electrons. The molecule has 1 aliphatic rings. The van der Waals surface area contributed by atoms with E-state index in [1.165, 1.54) is 18.4 Å². The van der Waals surface area contributed by atoms with Crippen LogP contribution in [0.15, 0.2) is 53.0 Å². The van der Waals surface area contributed by atoms with Gasteiger partial charge in [-0.2, -0.15) is 0 Å². The molecule has 0 fully saturated rings. The minimum atomic E-state index is -1.00. The summed E-state index contributed by atoms with van der Waals surface area (Å²) in [6.45, 7) is 0.205. The number of carboxylic acid groups (broad SMARTS) is 1. The second-order valence-electron chi connectivity index (χ2n) is 5.19.